The predicted molar refractivity (Wildman–Crippen MR) is 63.8 cm³/mol. The lowest BCUT2D eigenvalue weighted by Crippen LogP contribution is -2.49. The van der Waals surface area contributed by atoms with Gasteiger partial charge in [-0.15, -0.1) is 0 Å². The summed E-state index contributed by atoms with van der Waals surface area (Å²) in [4.78, 5) is 10.3. The van der Waals surface area contributed by atoms with Gasteiger partial charge in [-0.2, -0.15) is 0 Å². The smallest absolute Gasteiger partial charge is 0.272 e. The van der Waals surface area contributed by atoms with Crippen LogP contribution in [0, 0.1) is 17.0 Å². The number of rotatable bonds is 3. The number of aryl methyl sites for hydroxylation is 1. The van der Waals surface area contributed by atoms with E-state index in [-0.39, 0.29) is 22.1 Å². The van der Waals surface area contributed by atoms with E-state index >= 15 is 0 Å². The molecule has 1 fully saturated rings. The van der Waals surface area contributed by atoms with Crippen LogP contribution in [0.15, 0.2) is 18.2 Å². The summed E-state index contributed by atoms with van der Waals surface area (Å²) in [6.45, 7) is 2.18. The first kappa shape index (κ1) is 12.0. The summed E-state index contributed by atoms with van der Waals surface area (Å²) in [5.41, 5.74) is 7.33. The maximum atomic E-state index is 10.7. The number of nitrogens with two attached hydrogens (primary N) is 1. The fourth-order valence-electron chi connectivity index (χ4n) is 2.55. The Bertz CT molecular complexity index is 453. The van der Waals surface area contributed by atoms with Crippen molar-refractivity contribution in [3.05, 3.63) is 39.4 Å². The maximum absolute atomic E-state index is 10.7. The first-order valence-electron chi connectivity index (χ1n) is 5.62. The molecule has 1 saturated carbocycles. The van der Waals surface area contributed by atoms with E-state index in [0.29, 0.717) is 24.9 Å². The third-order valence-electron chi connectivity index (χ3n) is 3.65. The van der Waals surface area contributed by atoms with E-state index in [1.807, 2.05) is 6.07 Å². The molecule has 1 aliphatic carbocycles. The van der Waals surface area contributed by atoms with Crippen molar-refractivity contribution in [1.29, 1.82) is 0 Å². The Morgan fingerprint density at radius 3 is 2.65 bits per heavy atom. The van der Waals surface area contributed by atoms with Gasteiger partial charge in [0.25, 0.3) is 5.69 Å². The molecular formula is C12H16N2O3. The van der Waals surface area contributed by atoms with Gasteiger partial charge >= 0.3 is 0 Å². The maximum Gasteiger partial charge on any atom is 0.272 e. The van der Waals surface area contributed by atoms with Crippen LogP contribution in [-0.2, 0) is 5.41 Å². The number of hydrogen-bond donors (Lipinski definition) is 2. The van der Waals surface area contributed by atoms with Gasteiger partial charge in [0, 0.05) is 23.6 Å². The first-order chi connectivity index (χ1) is 7.98. The van der Waals surface area contributed by atoms with Crippen molar-refractivity contribution in [2.24, 2.45) is 5.73 Å². The van der Waals surface area contributed by atoms with Crippen molar-refractivity contribution in [3.8, 4) is 0 Å². The van der Waals surface area contributed by atoms with Crippen LogP contribution in [0.3, 0.4) is 0 Å². The lowest BCUT2D eigenvalue weighted by molar-refractivity contribution is -0.385. The van der Waals surface area contributed by atoms with Crippen LogP contribution in [0.2, 0.25) is 0 Å². The molecule has 0 heterocycles. The van der Waals surface area contributed by atoms with Gasteiger partial charge in [0.15, 0.2) is 0 Å². The monoisotopic (exact) mass is 236 g/mol. The molecule has 0 radical (unpaired) electrons. The van der Waals surface area contributed by atoms with Crippen LogP contribution in [0.4, 0.5) is 5.69 Å². The summed E-state index contributed by atoms with van der Waals surface area (Å²) >= 11 is 0. The van der Waals surface area contributed by atoms with E-state index in [9.17, 15) is 15.2 Å². The molecule has 0 atom stereocenters. The first-order valence-corrected chi connectivity index (χ1v) is 5.62. The molecule has 92 valence electrons. The third kappa shape index (κ3) is 1.92. The molecule has 0 spiro atoms. The van der Waals surface area contributed by atoms with Gasteiger partial charge in [-0.25, -0.2) is 0 Å². The highest BCUT2D eigenvalue weighted by molar-refractivity contribution is 5.45. The molecule has 0 bridgehead atoms. The molecule has 0 aliphatic heterocycles. The van der Waals surface area contributed by atoms with E-state index in [0.717, 1.165) is 5.56 Å². The zero-order valence-corrected chi connectivity index (χ0v) is 9.72. The second-order valence-corrected chi connectivity index (χ2v) is 4.80. The normalized spacial score (nSPS) is 27.6. The Labute approximate surface area is 99.4 Å². The van der Waals surface area contributed by atoms with Crippen LogP contribution >= 0.6 is 0 Å². The lowest BCUT2D eigenvalue weighted by atomic mass is 9.62. The Kier molecular flexibility index (Phi) is 2.89. The highest BCUT2D eigenvalue weighted by Gasteiger charge is 2.44. The minimum Gasteiger partial charge on any atom is -0.393 e. The second-order valence-electron chi connectivity index (χ2n) is 4.80. The summed E-state index contributed by atoms with van der Waals surface area (Å²) < 4.78 is 0. The number of nitro benzene ring substituents is 1. The molecule has 0 aromatic heterocycles. The van der Waals surface area contributed by atoms with Crippen LogP contribution < -0.4 is 5.73 Å². The molecule has 1 aromatic rings. The van der Waals surface area contributed by atoms with Crippen LogP contribution in [-0.4, -0.2) is 22.7 Å². The van der Waals surface area contributed by atoms with Crippen molar-refractivity contribution < 1.29 is 10.0 Å². The van der Waals surface area contributed by atoms with Gasteiger partial charge in [0.1, 0.15) is 0 Å². The quantitative estimate of drug-likeness (QED) is 0.610. The molecular weight excluding hydrogens is 220 g/mol. The average Bonchev–Trinajstić information content (AvgIpc) is 2.23. The largest absolute Gasteiger partial charge is 0.393 e. The predicted octanol–water partition coefficient (Wildman–Crippen LogP) is 1.25. The van der Waals surface area contributed by atoms with Crippen molar-refractivity contribution in [1.82, 2.24) is 0 Å². The van der Waals surface area contributed by atoms with Crippen LogP contribution in [0.5, 0.6) is 0 Å². The zero-order chi connectivity index (χ0) is 12.6. The fraction of sp³-hybridized carbons (Fsp3) is 0.500. The molecule has 5 nitrogen and oxygen atoms in total. The number of benzene rings is 1. The van der Waals surface area contributed by atoms with E-state index < -0.39 is 0 Å². The number of nitro groups is 1. The molecule has 2 rings (SSSR count). The van der Waals surface area contributed by atoms with Crippen molar-refractivity contribution in [2.75, 3.05) is 6.54 Å². The summed E-state index contributed by atoms with van der Waals surface area (Å²) in [5.74, 6) is 0. The molecule has 3 N–H and O–H groups in total. The Morgan fingerprint density at radius 2 is 2.24 bits per heavy atom. The number of aliphatic hydroxyl groups excluding tert-OH is 1. The Balaban J connectivity index is 2.34. The van der Waals surface area contributed by atoms with Crippen LogP contribution in [0.1, 0.15) is 24.0 Å². The van der Waals surface area contributed by atoms with E-state index in [4.69, 9.17) is 5.73 Å². The Morgan fingerprint density at radius 1 is 1.59 bits per heavy atom. The minimum atomic E-state index is -0.385. The summed E-state index contributed by atoms with van der Waals surface area (Å²) in [5, 5.41) is 20.2. The van der Waals surface area contributed by atoms with Gasteiger partial charge in [-0.1, -0.05) is 6.07 Å². The van der Waals surface area contributed by atoms with Gasteiger partial charge in [-0.05, 0) is 31.4 Å². The lowest BCUT2D eigenvalue weighted by Gasteiger charge is -2.45. The zero-order valence-electron chi connectivity index (χ0n) is 9.72. The molecule has 1 aromatic carbocycles. The van der Waals surface area contributed by atoms with Gasteiger partial charge in [-0.3, -0.25) is 10.1 Å². The van der Waals surface area contributed by atoms with E-state index in [2.05, 4.69) is 0 Å². The van der Waals surface area contributed by atoms with E-state index in [1.165, 1.54) is 6.07 Å². The number of aliphatic hydroxyl groups is 1. The molecule has 17 heavy (non-hydrogen) atoms. The topological polar surface area (TPSA) is 89.4 Å². The standard InChI is InChI=1S/C12H16N2O3/c1-8-4-9(2-3-11(8)14(16)17)12(7-13)5-10(15)6-12/h2-4,10,15H,5-7,13H2,1H3. The average molecular weight is 236 g/mol. The summed E-state index contributed by atoms with van der Waals surface area (Å²) in [6, 6.07) is 5.09. The second kappa shape index (κ2) is 4.09. The van der Waals surface area contributed by atoms with Crippen molar-refractivity contribution >= 4 is 5.69 Å². The minimum absolute atomic E-state index is 0.126. The van der Waals surface area contributed by atoms with Gasteiger partial charge in [0.05, 0.1) is 11.0 Å². The van der Waals surface area contributed by atoms with Crippen molar-refractivity contribution in [2.45, 2.75) is 31.3 Å². The summed E-state index contributed by atoms with van der Waals surface area (Å²) in [7, 11) is 0. The highest BCUT2D eigenvalue weighted by Crippen LogP contribution is 2.43. The third-order valence-corrected chi connectivity index (χ3v) is 3.65. The molecule has 5 heteroatoms. The SMILES string of the molecule is Cc1cc(C2(CN)CC(O)C2)ccc1[N+](=O)[O-]. The van der Waals surface area contributed by atoms with Crippen LogP contribution in [0.25, 0.3) is 0 Å². The van der Waals surface area contributed by atoms with Gasteiger partial charge < -0.3 is 10.8 Å². The summed E-state index contributed by atoms with van der Waals surface area (Å²) in [6.07, 6.45) is 0.982. The Hall–Kier alpha value is -1.46. The molecule has 0 amide bonds. The number of nitrogens with zero attached hydrogens (tertiary/aromatic N) is 1. The molecule has 0 saturated heterocycles. The molecule has 1 aliphatic rings. The van der Waals surface area contributed by atoms with E-state index in [1.54, 1.807) is 13.0 Å². The molecule has 0 unspecified atom stereocenters. The van der Waals surface area contributed by atoms with Gasteiger partial charge in [0.2, 0.25) is 0 Å². The van der Waals surface area contributed by atoms with Crippen molar-refractivity contribution in [3.63, 3.8) is 0 Å². The fourth-order valence-corrected chi connectivity index (χ4v) is 2.55. The highest BCUT2D eigenvalue weighted by atomic mass is 16.6. The number of hydrogen-bond acceptors (Lipinski definition) is 4.